The fraction of sp³-hybridized carbons (Fsp3) is 0.429. The molecule has 0 saturated carbocycles. The number of piperazine rings is 1. The van der Waals surface area contributed by atoms with Crippen molar-refractivity contribution < 1.29 is 18.7 Å². The van der Waals surface area contributed by atoms with E-state index in [1.54, 1.807) is 4.90 Å². The Kier molecular flexibility index (Phi) is 8.11. The summed E-state index contributed by atoms with van der Waals surface area (Å²) in [5.41, 5.74) is -0.819. The van der Waals surface area contributed by atoms with Crippen molar-refractivity contribution in [3.63, 3.8) is 0 Å². The van der Waals surface area contributed by atoms with Crippen LogP contribution in [0, 0.1) is 17.1 Å². The van der Waals surface area contributed by atoms with Gasteiger partial charge >= 0.3 is 6.01 Å². The SMILES string of the molecule is C=CC(=O)N1CCN(c2nc(OC[C@H]3CCCN3C)nc3c(=O)n(-c4c(F)cccc4OC)ncc23)C[C@@H]1CC#N. The smallest absolute Gasteiger partial charge is 0.319 e. The van der Waals surface area contributed by atoms with Crippen LogP contribution in [0.15, 0.2) is 41.8 Å². The predicted octanol–water partition coefficient (Wildman–Crippen LogP) is 1.91. The molecule has 1 amide bonds. The minimum atomic E-state index is -0.685. The second-order valence-electron chi connectivity index (χ2n) is 10.0. The maximum atomic E-state index is 14.9. The van der Waals surface area contributed by atoms with E-state index in [2.05, 4.69) is 32.6 Å². The van der Waals surface area contributed by atoms with E-state index >= 15 is 0 Å². The van der Waals surface area contributed by atoms with Crippen molar-refractivity contribution in [3.8, 4) is 23.5 Å². The number of fused-ring (bicyclic) bond motifs is 1. The van der Waals surface area contributed by atoms with Gasteiger partial charge in [0.25, 0.3) is 5.56 Å². The molecule has 13 heteroatoms. The zero-order valence-electron chi connectivity index (χ0n) is 23.0. The van der Waals surface area contributed by atoms with E-state index in [9.17, 15) is 19.2 Å². The first-order valence-corrected chi connectivity index (χ1v) is 13.4. The number of rotatable bonds is 8. The lowest BCUT2D eigenvalue weighted by Crippen LogP contribution is -2.55. The average Bonchev–Trinajstić information content (AvgIpc) is 3.40. The number of nitrogens with zero attached hydrogens (tertiary/aromatic N) is 8. The Hall–Kier alpha value is -4.57. The van der Waals surface area contributed by atoms with Crippen LogP contribution in [-0.2, 0) is 4.79 Å². The molecule has 1 aromatic carbocycles. The Bertz CT molecular complexity index is 1570. The molecule has 0 N–H and O–H groups in total. The number of methoxy groups -OCH3 is 1. The maximum Gasteiger partial charge on any atom is 0.319 e. The number of likely N-dealkylation sites (tertiary alicyclic amines) is 1. The van der Waals surface area contributed by atoms with Gasteiger partial charge in [-0.1, -0.05) is 12.6 Å². The molecule has 3 aromatic rings. The van der Waals surface area contributed by atoms with E-state index in [0.29, 0.717) is 30.9 Å². The Labute approximate surface area is 236 Å². The third kappa shape index (κ3) is 5.43. The molecule has 0 unspecified atom stereocenters. The van der Waals surface area contributed by atoms with Gasteiger partial charge in [0, 0.05) is 25.7 Å². The van der Waals surface area contributed by atoms with Crippen molar-refractivity contribution in [2.75, 3.05) is 51.8 Å². The molecule has 12 nitrogen and oxygen atoms in total. The highest BCUT2D eigenvalue weighted by Gasteiger charge is 2.32. The number of hydrogen-bond donors (Lipinski definition) is 0. The highest BCUT2D eigenvalue weighted by molar-refractivity contribution is 5.90. The first-order chi connectivity index (χ1) is 19.9. The van der Waals surface area contributed by atoms with Crippen molar-refractivity contribution in [2.45, 2.75) is 31.3 Å². The third-order valence-electron chi connectivity index (χ3n) is 7.63. The van der Waals surface area contributed by atoms with Crippen molar-refractivity contribution in [3.05, 3.63) is 53.2 Å². The normalized spacial score (nSPS) is 19.3. The summed E-state index contributed by atoms with van der Waals surface area (Å²) in [7, 11) is 3.41. The van der Waals surface area contributed by atoms with Crippen molar-refractivity contribution >= 4 is 22.6 Å². The van der Waals surface area contributed by atoms with Gasteiger partial charge in [-0.2, -0.15) is 25.0 Å². The van der Waals surface area contributed by atoms with Crippen LogP contribution in [0.3, 0.4) is 0 Å². The number of nitriles is 1. The molecule has 5 rings (SSSR count). The molecule has 4 heterocycles. The van der Waals surface area contributed by atoms with E-state index < -0.39 is 17.4 Å². The number of amides is 1. The summed E-state index contributed by atoms with van der Waals surface area (Å²) in [5.74, 6) is -0.423. The van der Waals surface area contributed by atoms with Gasteiger partial charge in [-0.3, -0.25) is 9.59 Å². The van der Waals surface area contributed by atoms with Gasteiger partial charge in [0.05, 0.1) is 37.2 Å². The van der Waals surface area contributed by atoms with Crippen LogP contribution >= 0.6 is 0 Å². The second-order valence-corrected chi connectivity index (χ2v) is 10.0. The molecule has 2 aliphatic heterocycles. The number of carbonyl (C=O) groups excluding carboxylic acids is 1. The second kappa shape index (κ2) is 11.9. The zero-order valence-corrected chi connectivity index (χ0v) is 23.0. The topological polar surface area (TPSA) is 130 Å². The van der Waals surface area contributed by atoms with Crippen molar-refractivity contribution in [1.29, 1.82) is 5.26 Å². The van der Waals surface area contributed by atoms with Gasteiger partial charge in [-0.05, 0) is 44.6 Å². The number of anilines is 1. The van der Waals surface area contributed by atoms with Crippen molar-refractivity contribution in [1.82, 2.24) is 29.5 Å². The number of likely N-dealkylation sites (N-methyl/N-ethyl adjacent to an activating group) is 1. The molecule has 214 valence electrons. The number of carbonyl (C=O) groups is 1. The molecule has 0 spiro atoms. The van der Waals surface area contributed by atoms with Crippen LogP contribution in [0.4, 0.5) is 10.2 Å². The van der Waals surface area contributed by atoms with E-state index in [1.165, 1.54) is 37.6 Å². The molecule has 2 atom stereocenters. The third-order valence-corrected chi connectivity index (χ3v) is 7.63. The van der Waals surface area contributed by atoms with E-state index in [-0.39, 0.29) is 47.9 Å². The predicted molar refractivity (Wildman–Crippen MR) is 149 cm³/mol. The molecule has 2 aromatic heterocycles. The number of ether oxygens (including phenoxy) is 2. The largest absolute Gasteiger partial charge is 0.494 e. The highest BCUT2D eigenvalue weighted by Crippen LogP contribution is 2.29. The summed E-state index contributed by atoms with van der Waals surface area (Å²) in [4.78, 5) is 41.1. The van der Waals surface area contributed by atoms with Crippen LogP contribution in [0.5, 0.6) is 11.8 Å². The number of halogens is 1. The molecule has 0 aliphatic carbocycles. The van der Waals surface area contributed by atoms with E-state index in [4.69, 9.17) is 9.47 Å². The van der Waals surface area contributed by atoms with Gasteiger partial charge in [0.15, 0.2) is 5.82 Å². The monoisotopic (exact) mass is 562 g/mol. The van der Waals surface area contributed by atoms with Crippen molar-refractivity contribution in [2.24, 2.45) is 0 Å². The fourth-order valence-corrected chi connectivity index (χ4v) is 5.41. The van der Waals surface area contributed by atoms with Gasteiger partial charge in [0.1, 0.15) is 29.4 Å². The summed E-state index contributed by atoms with van der Waals surface area (Å²) >= 11 is 0. The Morgan fingerprint density at radius 2 is 2.10 bits per heavy atom. The van der Waals surface area contributed by atoms with Crippen LogP contribution < -0.4 is 19.9 Å². The summed E-state index contributed by atoms with van der Waals surface area (Å²) in [6.07, 6.45) is 4.77. The number of aromatic nitrogens is 4. The number of benzene rings is 1. The Morgan fingerprint density at radius 1 is 1.27 bits per heavy atom. The summed E-state index contributed by atoms with van der Waals surface area (Å²) in [6, 6.07) is 6.14. The van der Waals surface area contributed by atoms with E-state index in [1.807, 2.05) is 11.9 Å². The Balaban J connectivity index is 1.61. The lowest BCUT2D eigenvalue weighted by molar-refractivity contribution is -0.128. The maximum absolute atomic E-state index is 14.9. The molecule has 0 bridgehead atoms. The van der Waals surface area contributed by atoms with E-state index in [0.717, 1.165) is 24.1 Å². The summed E-state index contributed by atoms with van der Waals surface area (Å²) < 4.78 is 27.2. The lowest BCUT2D eigenvalue weighted by atomic mass is 10.1. The molecular weight excluding hydrogens is 531 g/mol. The zero-order chi connectivity index (χ0) is 29.1. The molecule has 41 heavy (non-hydrogen) atoms. The number of hydrogen-bond acceptors (Lipinski definition) is 10. The lowest BCUT2D eigenvalue weighted by Gasteiger charge is -2.41. The van der Waals surface area contributed by atoms with Gasteiger partial charge in [0.2, 0.25) is 5.91 Å². The fourth-order valence-electron chi connectivity index (χ4n) is 5.41. The molecule has 2 saturated heterocycles. The van der Waals surface area contributed by atoms with Crippen LogP contribution in [-0.4, -0.2) is 94.5 Å². The molecular formula is C28H31FN8O4. The van der Waals surface area contributed by atoms with Crippen LogP contribution in [0.25, 0.3) is 16.6 Å². The highest BCUT2D eigenvalue weighted by atomic mass is 19.1. The average molecular weight is 563 g/mol. The number of para-hydroxylation sites is 1. The van der Waals surface area contributed by atoms with Gasteiger partial charge < -0.3 is 24.2 Å². The van der Waals surface area contributed by atoms with Crippen LogP contribution in [0.1, 0.15) is 19.3 Å². The van der Waals surface area contributed by atoms with Crippen LogP contribution in [0.2, 0.25) is 0 Å². The van der Waals surface area contributed by atoms with Gasteiger partial charge in [-0.15, -0.1) is 0 Å². The summed E-state index contributed by atoms with van der Waals surface area (Å²) in [5, 5.41) is 14.0. The first-order valence-electron chi connectivity index (χ1n) is 13.4. The summed E-state index contributed by atoms with van der Waals surface area (Å²) in [6.45, 7) is 5.86. The first kappa shape index (κ1) is 28.0. The molecule has 0 radical (unpaired) electrons. The standard InChI is InChI=1S/C28H31FN8O4/c1-4-23(38)36-14-13-35(16-18(36)10-11-30)26-20-15-31-37(25-21(29)8-5-9-22(25)40-3)27(39)24(20)32-28(33-26)41-17-19-7-6-12-34(19)2/h4-5,8-9,15,18-19H,1,6-7,10,12-14,16-17H2,2-3H3/t18-,19+/m0/s1. The molecule has 2 aliphatic rings. The minimum absolute atomic E-state index is 0.00424. The minimum Gasteiger partial charge on any atom is -0.494 e. The van der Waals surface area contributed by atoms with Gasteiger partial charge in [-0.25, -0.2) is 4.39 Å². The quantitative estimate of drug-likeness (QED) is 0.376. The Morgan fingerprint density at radius 3 is 2.80 bits per heavy atom. The molecule has 2 fully saturated rings.